The molecule has 2 bridgehead atoms. The molecule has 1 aliphatic carbocycles. The number of benzene rings is 1. The number of rotatable bonds is 3. The summed E-state index contributed by atoms with van der Waals surface area (Å²) in [5.41, 5.74) is -1.05. The van der Waals surface area contributed by atoms with E-state index >= 15 is 0 Å². The van der Waals surface area contributed by atoms with E-state index in [1.54, 1.807) is 0 Å². The average molecular weight is 365 g/mol. The van der Waals surface area contributed by atoms with Gasteiger partial charge >= 0.3 is 5.97 Å². The number of para-hydroxylation sites is 1. The van der Waals surface area contributed by atoms with Crippen LogP contribution in [0.15, 0.2) is 36.9 Å². The van der Waals surface area contributed by atoms with Crippen molar-refractivity contribution in [3.8, 4) is 0 Å². The molecule has 0 unspecified atom stereocenters. The summed E-state index contributed by atoms with van der Waals surface area (Å²) in [5, 5.41) is 35.7. The third-order valence-corrected chi connectivity index (χ3v) is 5.84. The van der Waals surface area contributed by atoms with Crippen molar-refractivity contribution in [3.05, 3.63) is 48.2 Å². The number of nitrogens with one attached hydrogen (secondary N) is 2. The van der Waals surface area contributed by atoms with Gasteiger partial charge in [0.15, 0.2) is 0 Å². The largest absolute Gasteiger partial charge is 0.480 e. The van der Waals surface area contributed by atoms with Crippen LogP contribution in [0, 0.1) is 5.92 Å². The first-order valence-electron chi connectivity index (χ1n) is 8.05. The maximum atomic E-state index is 12.3. The highest BCUT2D eigenvalue weighted by Gasteiger charge is 2.64. The Morgan fingerprint density at radius 1 is 1.40 bits per heavy atom. The predicted octanol–water partition coefficient (Wildman–Crippen LogP) is 1.49. The number of hydrogen-bond acceptors (Lipinski definition) is 4. The molecule has 2 aromatic rings. The molecule has 4 rings (SSSR count). The van der Waals surface area contributed by atoms with Crippen molar-refractivity contribution in [1.82, 2.24) is 10.3 Å². The zero-order valence-corrected chi connectivity index (χ0v) is 14.3. The van der Waals surface area contributed by atoms with Gasteiger partial charge in [0.1, 0.15) is 11.0 Å². The normalized spacial score (nSPS) is 33.4. The number of halogens is 1. The van der Waals surface area contributed by atoms with Crippen molar-refractivity contribution in [2.45, 2.75) is 23.5 Å². The van der Waals surface area contributed by atoms with Gasteiger partial charge in [-0.2, -0.15) is 0 Å². The van der Waals surface area contributed by atoms with Crippen LogP contribution in [0.4, 0.5) is 0 Å². The Morgan fingerprint density at radius 3 is 2.76 bits per heavy atom. The van der Waals surface area contributed by atoms with E-state index in [4.69, 9.17) is 0 Å². The van der Waals surface area contributed by atoms with E-state index in [1.165, 1.54) is 6.08 Å². The molecular weight excluding hydrogens is 344 g/mol. The number of fused-ring (bicyclic) bond motifs is 6. The molecule has 5 N–H and O–H groups in total. The maximum absolute atomic E-state index is 12.3. The highest BCUT2D eigenvalue weighted by Crippen LogP contribution is 2.56. The zero-order chi connectivity index (χ0) is 17.1. The molecule has 4 atom stereocenters. The molecule has 7 heteroatoms. The van der Waals surface area contributed by atoms with Gasteiger partial charge in [-0.15, -0.1) is 19.0 Å². The molecule has 0 saturated carbocycles. The number of carboxylic acids is 1. The molecule has 0 spiro atoms. The number of H-pyrrole nitrogens is 1. The van der Waals surface area contributed by atoms with Crippen LogP contribution in [0.5, 0.6) is 0 Å². The predicted molar refractivity (Wildman–Crippen MR) is 95.9 cm³/mol. The minimum Gasteiger partial charge on any atom is -0.480 e. The van der Waals surface area contributed by atoms with E-state index in [9.17, 15) is 20.1 Å². The topological polar surface area (TPSA) is 106 Å². The second-order valence-corrected chi connectivity index (χ2v) is 6.71. The van der Waals surface area contributed by atoms with E-state index in [2.05, 4.69) is 16.9 Å². The number of aromatic amines is 1. The highest BCUT2D eigenvalue weighted by atomic mass is 35.5. The van der Waals surface area contributed by atoms with Crippen LogP contribution in [-0.2, 0) is 10.2 Å². The molecule has 6 nitrogen and oxygen atoms in total. The Labute approximate surface area is 151 Å². The minimum absolute atomic E-state index is 0. The molecule has 2 heterocycles. The average Bonchev–Trinajstić information content (AvgIpc) is 2.95. The highest BCUT2D eigenvalue weighted by molar-refractivity contribution is 5.92. The number of aliphatic hydroxyl groups is 2. The number of hydrogen-bond donors (Lipinski definition) is 5. The summed E-state index contributed by atoms with van der Waals surface area (Å²) < 4.78 is 0. The Kier molecular flexibility index (Phi) is 4.20. The fourth-order valence-corrected chi connectivity index (χ4v) is 4.70. The van der Waals surface area contributed by atoms with Crippen molar-refractivity contribution in [1.29, 1.82) is 0 Å². The smallest absolute Gasteiger partial charge is 0.318 e. The van der Waals surface area contributed by atoms with Crippen LogP contribution in [0.25, 0.3) is 10.9 Å². The lowest BCUT2D eigenvalue weighted by Gasteiger charge is -2.55. The number of aromatic nitrogens is 1. The first-order chi connectivity index (χ1) is 11.5. The maximum Gasteiger partial charge on any atom is 0.318 e. The van der Waals surface area contributed by atoms with Crippen molar-refractivity contribution in [2.24, 2.45) is 5.92 Å². The van der Waals surface area contributed by atoms with Crippen molar-refractivity contribution in [3.63, 3.8) is 0 Å². The molecule has 1 saturated heterocycles. The minimum atomic E-state index is -1.59. The van der Waals surface area contributed by atoms with Crippen LogP contribution >= 0.6 is 12.4 Å². The van der Waals surface area contributed by atoms with E-state index in [0.717, 1.165) is 10.9 Å². The third kappa shape index (κ3) is 1.99. The van der Waals surface area contributed by atoms with Gasteiger partial charge < -0.3 is 25.6 Å². The van der Waals surface area contributed by atoms with Crippen molar-refractivity contribution < 1.29 is 20.1 Å². The lowest BCUT2D eigenvalue weighted by atomic mass is 9.55. The monoisotopic (exact) mass is 364 g/mol. The van der Waals surface area contributed by atoms with Gasteiger partial charge in [-0.3, -0.25) is 4.79 Å². The van der Waals surface area contributed by atoms with Gasteiger partial charge in [0, 0.05) is 28.1 Å². The number of piperidine rings is 1. The van der Waals surface area contributed by atoms with Crippen molar-refractivity contribution in [2.75, 3.05) is 13.2 Å². The number of carboxylic acid groups (broad SMARTS) is 1. The summed E-state index contributed by atoms with van der Waals surface area (Å²) >= 11 is 0. The summed E-state index contributed by atoms with van der Waals surface area (Å²) in [4.78, 5) is 15.5. The Morgan fingerprint density at radius 2 is 2.12 bits per heavy atom. The van der Waals surface area contributed by atoms with Crippen LogP contribution in [0.1, 0.15) is 23.7 Å². The summed E-state index contributed by atoms with van der Waals surface area (Å²) in [5.74, 6) is -1.81. The molecule has 0 radical (unpaired) electrons. The summed E-state index contributed by atoms with van der Waals surface area (Å²) in [7, 11) is 0. The van der Waals surface area contributed by atoms with Gasteiger partial charge in [-0.05, 0) is 19.0 Å². The van der Waals surface area contributed by atoms with Crippen LogP contribution in [0.2, 0.25) is 0 Å². The Bertz CT molecular complexity index is 851. The number of aliphatic carboxylic acids is 1. The second kappa shape index (κ2) is 5.85. The van der Waals surface area contributed by atoms with Gasteiger partial charge in [0.2, 0.25) is 0 Å². The number of carbonyl (C=O) groups is 1. The molecule has 1 aliphatic heterocycles. The van der Waals surface area contributed by atoms with Gasteiger partial charge in [0.25, 0.3) is 0 Å². The van der Waals surface area contributed by atoms with Gasteiger partial charge in [-0.1, -0.05) is 24.3 Å². The standard InChI is InChI=1S/C18H20N2O4.ClH/c1-2-18(24)12-7-8-19-15(18)13-10-5-3-4-6-11(10)20-14(13)17(12,9-21)16(22)23;/h2-6,12,15,19-21,24H,1,7-9H2,(H,22,23);1H/t12-,15+,17+,18+;/m1./s1. The van der Waals surface area contributed by atoms with Gasteiger partial charge in [0.05, 0.1) is 12.6 Å². The molecular formula is C18H21ClN2O4. The summed E-state index contributed by atoms with van der Waals surface area (Å²) in [6, 6.07) is 7.05. The second-order valence-electron chi connectivity index (χ2n) is 6.71. The lowest BCUT2D eigenvalue weighted by Crippen LogP contribution is -2.66. The Hall–Kier alpha value is -1.86. The summed E-state index contributed by atoms with van der Waals surface area (Å²) in [6.07, 6.45) is 1.85. The molecule has 0 amide bonds. The first-order valence-corrected chi connectivity index (χ1v) is 8.05. The molecule has 1 aromatic heterocycles. The lowest BCUT2D eigenvalue weighted by molar-refractivity contribution is -0.161. The van der Waals surface area contributed by atoms with E-state index in [1.807, 2.05) is 24.3 Å². The van der Waals surface area contributed by atoms with Crippen LogP contribution in [0.3, 0.4) is 0 Å². The zero-order valence-electron chi connectivity index (χ0n) is 13.5. The molecule has 1 aromatic carbocycles. The SMILES string of the molecule is C=C[C@@]1(O)[C@H]2NCC[C@@H]1[C@](CO)(C(=O)O)c1[nH]c3ccccc3c12.Cl. The van der Waals surface area contributed by atoms with Gasteiger partial charge in [-0.25, -0.2) is 0 Å². The fourth-order valence-electron chi connectivity index (χ4n) is 4.70. The van der Waals surface area contributed by atoms with E-state index < -0.39 is 35.6 Å². The first kappa shape index (κ1) is 17.9. The molecule has 134 valence electrons. The van der Waals surface area contributed by atoms with E-state index in [0.29, 0.717) is 24.2 Å². The number of aliphatic hydroxyl groups excluding tert-OH is 1. The molecule has 25 heavy (non-hydrogen) atoms. The summed E-state index contributed by atoms with van der Waals surface area (Å²) in [6.45, 7) is 3.74. The van der Waals surface area contributed by atoms with Crippen molar-refractivity contribution >= 4 is 29.3 Å². The fraction of sp³-hybridized carbons (Fsp3) is 0.389. The molecule has 2 aliphatic rings. The van der Waals surface area contributed by atoms with E-state index in [-0.39, 0.29) is 12.4 Å². The van der Waals surface area contributed by atoms with Crippen LogP contribution < -0.4 is 5.32 Å². The quantitative estimate of drug-likeness (QED) is 0.531. The van der Waals surface area contributed by atoms with Crippen LogP contribution in [-0.4, -0.2) is 45.0 Å². The third-order valence-electron chi connectivity index (χ3n) is 5.84. The Balaban J connectivity index is 0.00000182. The molecule has 1 fully saturated rings.